The van der Waals surface area contributed by atoms with E-state index < -0.39 is 30.8 Å². The van der Waals surface area contributed by atoms with Crippen molar-refractivity contribution in [2.75, 3.05) is 38.9 Å². The van der Waals surface area contributed by atoms with E-state index >= 15 is 0 Å². The van der Waals surface area contributed by atoms with Crippen LogP contribution in [0.3, 0.4) is 0 Å². The molecule has 0 aliphatic rings. The van der Waals surface area contributed by atoms with Gasteiger partial charge in [0, 0.05) is 30.3 Å². The minimum Gasteiger partial charge on any atom is -0.497 e. The van der Waals surface area contributed by atoms with Crippen molar-refractivity contribution in [1.29, 1.82) is 0 Å². The highest BCUT2D eigenvalue weighted by atomic mass is 16.7. The molecule has 2 rings (SSSR count). The first-order valence-corrected chi connectivity index (χ1v) is 12.6. The fourth-order valence-corrected chi connectivity index (χ4v) is 3.68. The first kappa shape index (κ1) is 31.0. The van der Waals surface area contributed by atoms with Crippen molar-refractivity contribution < 1.29 is 39.3 Å². The molecule has 210 valence electrons. The number of amides is 2. The van der Waals surface area contributed by atoms with E-state index in [2.05, 4.69) is 11.0 Å². The summed E-state index contributed by atoms with van der Waals surface area (Å²) in [5.41, 5.74) is 6.73. The average molecular weight is 534 g/mol. The standard InChI is InChI=1S/C27H39N3O8/c1-5-10-30(11-6-2)27(35)20-13-18(3)12-19(14-20)26(34)29-38-17-24(32)25(33)23(31)16-37-28-21-8-7-9-22(15-21)36-4/h7-9,12-15,23-25,28,31-33H,5-6,10-11,16-17H2,1-4H3,(H,29,34)/t23-,24+,25-/m1/s1. The lowest BCUT2D eigenvalue weighted by Crippen LogP contribution is -2.44. The quantitative estimate of drug-likeness (QED) is 0.204. The number of aryl methyl sites for hydroxylation is 1. The molecule has 11 heteroatoms. The van der Waals surface area contributed by atoms with Gasteiger partial charge in [0.25, 0.3) is 11.8 Å². The molecule has 2 aromatic rings. The molecule has 0 radical (unpaired) electrons. The lowest BCUT2D eigenvalue weighted by Gasteiger charge is -2.23. The topological polar surface area (TPSA) is 150 Å². The van der Waals surface area contributed by atoms with Gasteiger partial charge < -0.3 is 25.0 Å². The fourth-order valence-electron chi connectivity index (χ4n) is 3.68. The molecule has 2 amide bonds. The Balaban J connectivity index is 1.84. The summed E-state index contributed by atoms with van der Waals surface area (Å²) in [4.78, 5) is 37.5. The zero-order chi connectivity index (χ0) is 28.1. The van der Waals surface area contributed by atoms with Crippen molar-refractivity contribution in [1.82, 2.24) is 10.4 Å². The Kier molecular flexibility index (Phi) is 13.0. The van der Waals surface area contributed by atoms with Crippen molar-refractivity contribution >= 4 is 17.5 Å². The van der Waals surface area contributed by atoms with E-state index in [1.54, 1.807) is 48.2 Å². The van der Waals surface area contributed by atoms with Gasteiger partial charge in [-0.25, -0.2) is 5.48 Å². The number of aliphatic hydroxyl groups is 3. The number of hydroxylamine groups is 1. The molecule has 0 aromatic heterocycles. The van der Waals surface area contributed by atoms with Crippen LogP contribution in [0.4, 0.5) is 5.69 Å². The number of aliphatic hydroxyl groups excluding tert-OH is 3. The average Bonchev–Trinajstić information content (AvgIpc) is 2.91. The number of carbonyl (C=O) groups excluding carboxylic acids is 2. The van der Waals surface area contributed by atoms with Crippen molar-refractivity contribution in [3.63, 3.8) is 0 Å². The molecule has 0 spiro atoms. The predicted octanol–water partition coefficient (Wildman–Crippen LogP) is 2.05. The van der Waals surface area contributed by atoms with E-state index in [9.17, 15) is 24.9 Å². The number of nitrogens with zero attached hydrogens (tertiary/aromatic N) is 1. The zero-order valence-electron chi connectivity index (χ0n) is 22.3. The van der Waals surface area contributed by atoms with Gasteiger partial charge in [0.2, 0.25) is 0 Å². The minimum atomic E-state index is -1.61. The van der Waals surface area contributed by atoms with Crippen molar-refractivity contribution in [3.05, 3.63) is 59.2 Å². The number of hydrogen-bond acceptors (Lipinski definition) is 9. The van der Waals surface area contributed by atoms with Crippen LogP contribution in [0, 0.1) is 6.92 Å². The summed E-state index contributed by atoms with van der Waals surface area (Å²) in [7, 11) is 1.53. The van der Waals surface area contributed by atoms with E-state index in [1.807, 2.05) is 13.8 Å². The maximum Gasteiger partial charge on any atom is 0.274 e. The highest BCUT2D eigenvalue weighted by molar-refractivity contribution is 5.99. The summed E-state index contributed by atoms with van der Waals surface area (Å²) in [6.45, 7) is 6.20. The molecule has 2 aromatic carbocycles. The molecule has 3 atom stereocenters. The Morgan fingerprint density at radius 2 is 1.55 bits per heavy atom. The number of methoxy groups -OCH3 is 1. The molecular weight excluding hydrogens is 494 g/mol. The zero-order valence-corrected chi connectivity index (χ0v) is 22.3. The van der Waals surface area contributed by atoms with Crippen molar-refractivity contribution in [2.24, 2.45) is 0 Å². The maximum atomic E-state index is 12.9. The second kappa shape index (κ2) is 15.9. The number of rotatable bonds is 16. The molecule has 0 bridgehead atoms. The molecule has 0 saturated carbocycles. The van der Waals surface area contributed by atoms with Gasteiger partial charge in [-0.05, 0) is 55.7 Å². The highest BCUT2D eigenvalue weighted by Crippen LogP contribution is 2.17. The van der Waals surface area contributed by atoms with Crippen molar-refractivity contribution in [2.45, 2.75) is 51.9 Å². The van der Waals surface area contributed by atoms with Gasteiger partial charge in [0.15, 0.2) is 0 Å². The number of anilines is 1. The molecule has 0 saturated heterocycles. The third kappa shape index (κ3) is 9.58. The van der Waals surface area contributed by atoms with Crippen LogP contribution >= 0.6 is 0 Å². The normalized spacial score (nSPS) is 13.3. The number of ether oxygens (including phenoxy) is 1. The monoisotopic (exact) mass is 533 g/mol. The summed E-state index contributed by atoms with van der Waals surface area (Å²) in [5.74, 6) is -0.159. The second-order valence-corrected chi connectivity index (χ2v) is 8.89. The van der Waals surface area contributed by atoms with E-state index in [0.717, 1.165) is 18.4 Å². The Morgan fingerprint density at radius 3 is 2.18 bits per heavy atom. The largest absolute Gasteiger partial charge is 0.497 e. The van der Waals surface area contributed by atoms with Crippen LogP contribution in [0.2, 0.25) is 0 Å². The number of benzene rings is 2. The van der Waals surface area contributed by atoms with Crippen LogP contribution in [0.25, 0.3) is 0 Å². The van der Waals surface area contributed by atoms with Crippen LogP contribution in [0.5, 0.6) is 5.75 Å². The smallest absolute Gasteiger partial charge is 0.274 e. The first-order chi connectivity index (χ1) is 18.2. The van der Waals surface area contributed by atoms with Gasteiger partial charge in [-0.2, -0.15) is 0 Å². The number of nitrogens with one attached hydrogen (secondary N) is 2. The third-order valence-corrected chi connectivity index (χ3v) is 5.58. The summed E-state index contributed by atoms with van der Waals surface area (Å²) in [6.07, 6.45) is -2.91. The predicted molar refractivity (Wildman–Crippen MR) is 142 cm³/mol. The summed E-state index contributed by atoms with van der Waals surface area (Å²) < 4.78 is 5.11. The number of carbonyl (C=O) groups is 2. The van der Waals surface area contributed by atoms with Gasteiger partial charge in [0.1, 0.15) is 37.3 Å². The van der Waals surface area contributed by atoms with Crippen LogP contribution in [-0.2, 0) is 9.68 Å². The van der Waals surface area contributed by atoms with Crippen LogP contribution < -0.4 is 15.7 Å². The van der Waals surface area contributed by atoms with Gasteiger partial charge in [-0.1, -0.05) is 19.9 Å². The Bertz CT molecular complexity index is 1030. The van der Waals surface area contributed by atoms with Crippen LogP contribution in [-0.4, -0.2) is 83.8 Å². The SMILES string of the molecule is CCCN(CCC)C(=O)c1cc(C)cc(C(=O)NOC[C@H](O)[C@H](O)[C@H](O)CONc2cccc(OC)c2)c1. The van der Waals surface area contributed by atoms with Gasteiger partial charge >= 0.3 is 0 Å². The molecule has 0 unspecified atom stereocenters. The van der Waals surface area contributed by atoms with Gasteiger partial charge in [-0.3, -0.25) is 24.7 Å². The summed E-state index contributed by atoms with van der Waals surface area (Å²) in [5, 5.41) is 30.4. The van der Waals surface area contributed by atoms with Gasteiger partial charge in [0.05, 0.1) is 12.8 Å². The molecule has 11 nitrogen and oxygen atoms in total. The molecule has 38 heavy (non-hydrogen) atoms. The Hall–Kier alpha value is -3.22. The van der Waals surface area contributed by atoms with Crippen LogP contribution in [0.1, 0.15) is 53.0 Å². The van der Waals surface area contributed by atoms with Gasteiger partial charge in [-0.15, -0.1) is 0 Å². The third-order valence-electron chi connectivity index (χ3n) is 5.58. The first-order valence-electron chi connectivity index (χ1n) is 12.6. The molecule has 0 aliphatic heterocycles. The highest BCUT2D eigenvalue weighted by Gasteiger charge is 2.26. The minimum absolute atomic E-state index is 0.150. The maximum absolute atomic E-state index is 12.9. The molecule has 0 fully saturated rings. The van der Waals surface area contributed by atoms with E-state index in [1.165, 1.54) is 13.2 Å². The van der Waals surface area contributed by atoms with E-state index in [4.69, 9.17) is 14.4 Å². The van der Waals surface area contributed by atoms with E-state index in [0.29, 0.717) is 30.1 Å². The molecule has 0 heterocycles. The van der Waals surface area contributed by atoms with Crippen molar-refractivity contribution in [3.8, 4) is 5.75 Å². The molecule has 5 N–H and O–H groups in total. The number of hydrogen-bond donors (Lipinski definition) is 5. The Morgan fingerprint density at radius 1 is 0.921 bits per heavy atom. The molecular formula is C27H39N3O8. The summed E-state index contributed by atoms with van der Waals surface area (Å²) >= 11 is 0. The lowest BCUT2D eigenvalue weighted by atomic mass is 10.0. The lowest BCUT2D eigenvalue weighted by molar-refractivity contribution is -0.112. The summed E-state index contributed by atoms with van der Waals surface area (Å²) in [6, 6.07) is 11.7. The fraction of sp³-hybridized carbons (Fsp3) is 0.481. The van der Waals surface area contributed by atoms with E-state index in [-0.39, 0.29) is 18.1 Å². The molecule has 0 aliphatic carbocycles. The second-order valence-electron chi connectivity index (χ2n) is 8.89. The Labute approximate surface area is 223 Å². The van der Waals surface area contributed by atoms with Crippen LogP contribution in [0.15, 0.2) is 42.5 Å².